The van der Waals surface area contributed by atoms with Gasteiger partial charge in [-0.3, -0.25) is 5.41 Å². The molecule has 0 atom stereocenters. The summed E-state index contributed by atoms with van der Waals surface area (Å²) in [6.45, 7) is 3.22. The Labute approximate surface area is 125 Å². The topological polar surface area (TPSA) is 69.2 Å². The number of piperidine rings is 1. The van der Waals surface area contributed by atoms with E-state index in [0.29, 0.717) is 22.3 Å². The number of likely N-dealkylation sites (tertiary alicyclic amines) is 1. The van der Waals surface area contributed by atoms with E-state index < -0.39 is 0 Å². The number of aromatic nitrogens is 1. The third-order valence-corrected chi connectivity index (χ3v) is 4.27. The smallest absolute Gasteiger partial charge is 0.147 e. The number of nitrogens with two attached hydrogens (primary N) is 1. The van der Waals surface area contributed by atoms with Gasteiger partial charge in [0.25, 0.3) is 0 Å². The van der Waals surface area contributed by atoms with E-state index in [0.717, 1.165) is 19.6 Å². The van der Waals surface area contributed by atoms with Crippen molar-refractivity contribution in [1.82, 2.24) is 9.88 Å². The quantitative estimate of drug-likeness (QED) is 0.656. The van der Waals surface area contributed by atoms with Crippen molar-refractivity contribution in [3.63, 3.8) is 0 Å². The molecule has 1 aromatic rings. The molecular formula is C14H22ClN5. The van der Waals surface area contributed by atoms with Crippen LogP contribution in [0.4, 0.5) is 5.82 Å². The summed E-state index contributed by atoms with van der Waals surface area (Å²) in [5, 5.41) is 8.00. The summed E-state index contributed by atoms with van der Waals surface area (Å²) in [7, 11) is 4.16. The molecule has 20 heavy (non-hydrogen) atoms. The van der Waals surface area contributed by atoms with Crippen LogP contribution in [0.25, 0.3) is 0 Å². The van der Waals surface area contributed by atoms with Gasteiger partial charge >= 0.3 is 0 Å². The number of anilines is 1. The van der Waals surface area contributed by atoms with Gasteiger partial charge < -0.3 is 15.5 Å². The molecule has 2 rings (SSSR count). The van der Waals surface area contributed by atoms with Crippen LogP contribution in [-0.2, 0) is 0 Å². The van der Waals surface area contributed by atoms with Gasteiger partial charge in [0.2, 0.25) is 0 Å². The van der Waals surface area contributed by atoms with Crippen LogP contribution in [0, 0.1) is 11.3 Å². The van der Waals surface area contributed by atoms with Crippen LogP contribution in [0.2, 0.25) is 5.02 Å². The Morgan fingerprint density at radius 1 is 1.55 bits per heavy atom. The van der Waals surface area contributed by atoms with E-state index in [9.17, 15) is 0 Å². The van der Waals surface area contributed by atoms with Gasteiger partial charge in [0.05, 0.1) is 5.02 Å². The van der Waals surface area contributed by atoms with Gasteiger partial charge in [-0.1, -0.05) is 11.6 Å². The van der Waals surface area contributed by atoms with Gasteiger partial charge in [-0.2, -0.15) is 0 Å². The molecule has 1 aromatic heterocycles. The molecule has 0 aromatic carbocycles. The van der Waals surface area contributed by atoms with Gasteiger partial charge in [0.15, 0.2) is 0 Å². The molecule has 2 heterocycles. The summed E-state index contributed by atoms with van der Waals surface area (Å²) in [6, 6.07) is 1.68. The van der Waals surface area contributed by atoms with Crippen molar-refractivity contribution >= 4 is 23.3 Å². The average Bonchev–Trinajstić information content (AvgIpc) is 2.41. The first-order chi connectivity index (χ1) is 9.49. The van der Waals surface area contributed by atoms with Crippen LogP contribution in [0.5, 0.6) is 0 Å². The highest BCUT2D eigenvalue weighted by Crippen LogP contribution is 2.27. The molecule has 1 aliphatic heterocycles. The fourth-order valence-corrected chi connectivity index (χ4v) is 2.98. The largest absolute Gasteiger partial charge is 0.384 e. The van der Waals surface area contributed by atoms with Crippen LogP contribution in [0.3, 0.4) is 0 Å². The fourth-order valence-electron chi connectivity index (χ4n) is 2.63. The predicted octanol–water partition coefficient (Wildman–Crippen LogP) is 1.80. The maximum absolute atomic E-state index is 7.53. The Balaban J connectivity index is 2.07. The molecule has 0 bridgehead atoms. The number of rotatable bonds is 4. The minimum absolute atomic E-state index is 0.0219. The fraction of sp³-hybridized carbons (Fsp3) is 0.571. The van der Waals surface area contributed by atoms with Crippen molar-refractivity contribution in [1.29, 1.82) is 5.41 Å². The van der Waals surface area contributed by atoms with Crippen molar-refractivity contribution < 1.29 is 0 Å². The van der Waals surface area contributed by atoms with Crippen molar-refractivity contribution in [3.8, 4) is 0 Å². The van der Waals surface area contributed by atoms with Gasteiger partial charge in [0.1, 0.15) is 11.7 Å². The van der Waals surface area contributed by atoms with E-state index in [2.05, 4.69) is 21.8 Å². The second-order valence-electron chi connectivity index (χ2n) is 5.54. The third kappa shape index (κ3) is 3.41. The highest BCUT2D eigenvalue weighted by molar-refractivity contribution is 6.36. The summed E-state index contributed by atoms with van der Waals surface area (Å²) in [6.07, 6.45) is 4.05. The minimum atomic E-state index is -0.0219. The summed E-state index contributed by atoms with van der Waals surface area (Å²) in [4.78, 5) is 8.77. The van der Waals surface area contributed by atoms with Gasteiger partial charge in [-0.05, 0) is 45.0 Å². The molecule has 5 nitrogen and oxygen atoms in total. The van der Waals surface area contributed by atoms with Crippen LogP contribution < -0.4 is 10.6 Å². The molecule has 0 spiro atoms. The molecule has 1 aliphatic rings. The van der Waals surface area contributed by atoms with E-state index in [4.69, 9.17) is 22.7 Å². The first-order valence-corrected chi connectivity index (χ1v) is 7.25. The van der Waals surface area contributed by atoms with Crippen molar-refractivity contribution in [2.45, 2.75) is 12.8 Å². The third-order valence-electron chi connectivity index (χ3n) is 3.89. The lowest BCUT2D eigenvalue weighted by Crippen LogP contribution is -2.36. The Hall–Kier alpha value is -1.33. The van der Waals surface area contributed by atoms with E-state index in [1.165, 1.54) is 12.8 Å². The SMILES string of the molecule is CN1CCC(CN(C)c2nccc(C(=N)N)c2Cl)CC1. The molecule has 0 amide bonds. The number of halogens is 1. The van der Waals surface area contributed by atoms with E-state index in [-0.39, 0.29) is 5.84 Å². The normalized spacial score (nSPS) is 17.1. The monoisotopic (exact) mass is 295 g/mol. The summed E-state index contributed by atoms with van der Waals surface area (Å²) in [5.74, 6) is 1.35. The lowest BCUT2D eigenvalue weighted by atomic mass is 9.96. The number of nitrogens with zero attached hydrogens (tertiary/aromatic N) is 3. The Bertz CT molecular complexity index is 482. The first-order valence-electron chi connectivity index (χ1n) is 6.87. The Morgan fingerprint density at radius 3 is 2.80 bits per heavy atom. The van der Waals surface area contributed by atoms with Gasteiger partial charge in [-0.15, -0.1) is 0 Å². The number of hydrogen-bond donors (Lipinski definition) is 2. The van der Waals surface area contributed by atoms with Crippen LogP contribution in [0.15, 0.2) is 12.3 Å². The van der Waals surface area contributed by atoms with Gasteiger partial charge in [-0.25, -0.2) is 4.98 Å². The Morgan fingerprint density at radius 2 is 2.20 bits per heavy atom. The van der Waals surface area contributed by atoms with Crippen LogP contribution in [-0.4, -0.2) is 49.4 Å². The average molecular weight is 296 g/mol. The first kappa shape index (κ1) is 15.1. The second kappa shape index (κ2) is 6.41. The summed E-state index contributed by atoms with van der Waals surface area (Å²) >= 11 is 6.31. The predicted molar refractivity (Wildman–Crippen MR) is 83.8 cm³/mol. The van der Waals surface area contributed by atoms with E-state index >= 15 is 0 Å². The van der Waals surface area contributed by atoms with Crippen LogP contribution in [0.1, 0.15) is 18.4 Å². The number of hydrogen-bond acceptors (Lipinski definition) is 4. The maximum atomic E-state index is 7.53. The molecule has 0 unspecified atom stereocenters. The number of nitrogen functional groups attached to an aromatic ring is 1. The number of amidine groups is 1. The molecule has 0 aliphatic carbocycles. The standard InChI is InChI=1S/C14H22ClN5/c1-19-7-4-10(5-8-19)9-20(2)14-12(15)11(13(16)17)3-6-18-14/h3,6,10H,4-5,7-9H2,1-2H3,(H3,16,17). The molecule has 0 saturated carbocycles. The van der Waals surface area contributed by atoms with Crippen LogP contribution >= 0.6 is 11.6 Å². The molecule has 1 fully saturated rings. The maximum Gasteiger partial charge on any atom is 0.147 e. The number of pyridine rings is 1. The Kier molecular flexibility index (Phi) is 4.83. The lowest BCUT2D eigenvalue weighted by molar-refractivity contribution is 0.222. The summed E-state index contributed by atoms with van der Waals surface area (Å²) < 4.78 is 0. The molecule has 6 heteroatoms. The molecule has 0 radical (unpaired) electrons. The summed E-state index contributed by atoms with van der Waals surface area (Å²) in [5.41, 5.74) is 6.08. The zero-order valence-corrected chi connectivity index (χ0v) is 12.8. The van der Waals surface area contributed by atoms with E-state index in [1.807, 2.05) is 7.05 Å². The molecule has 110 valence electrons. The van der Waals surface area contributed by atoms with Gasteiger partial charge in [0, 0.05) is 25.4 Å². The zero-order valence-electron chi connectivity index (χ0n) is 12.1. The van der Waals surface area contributed by atoms with Crippen molar-refractivity contribution in [3.05, 3.63) is 22.8 Å². The second-order valence-corrected chi connectivity index (χ2v) is 5.91. The highest BCUT2D eigenvalue weighted by Gasteiger charge is 2.20. The molecule has 3 N–H and O–H groups in total. The number of nitrogens with one attached hydrogen (secondary N) is 1. The molecular weight excluding hydrogens is 274 g/mol. The van der Waals surface area contributed by atoms with Crippen molar-refractivity contribution in [2.24, 2.45) is 11.7 Å². The molecule has 1 saturated heterocycles. The lowest BCUT2D eigenvalue weighted by Gasteiger charge is -2.32. The highest BCUT2D eigenvalue weighted by atomic mass is 35.5. The zero-order chi connectivity index (χ0) is 14.7. The minimum Gasteiger partial charge on any atom is -0.384 e. The van der Waals surface area contributed by atoms with Crippen molar-refractivity contribution in [2.75, 3.05) is 38.6 Å². The van der Waals surface area contributed by atoms with E-state index in [1.54, 1.807) is 12.3 Å².